The van der Waals surface area contributed by atoms with Gasteiger partial charge in [0.05, 0.1) is 24.9 Å². The predicted octanol–water partition coefficient (Wildman–Crippen LogP) is 5.90. The first kappa shape index (κ1) is 23.0. The molecule has 1 fully saturated rings. The van der Waals surface area contributed by atoms with Crippen molar-refractivity contribution in [3.8, 4) is 0 Å². The van der Waals surface area contributed by atoms with E-state index < -0.39 is 23.8 Å². The number of rotatable bonds is 6. The van der Waals surface area contributed by atoms with Crippen LogP contribution in [-0.2, 0) is 26.9 Å². The van der Waals surface area contributed by atoms with E-state index in [2.05, 4.69) is 0 Å². The maximum atomic E-state index is 13.3. The number of alkyl halides is 3. The molecule has 0 N–H and O–H groups in total. The fourth-order valence-electron chi connectivity index (χ4n) is 3.69. The third kappa shape index (κ3) is 5.73. The number of carbonyl (C=O) groups excluding carboxylic acids is 1. The Morgan fingerprint density at radius 3 is 2.35 bits per heavy atom. The second-order valence-electron chi connectivity index (χ2n) is 7.70. The molecule has 0 bridgehead atoms. The Hall–Kier alpha value is -2.67. The lowest BCUT2D eigenvalue weighted by atomic mass is 9.84. The molecule has 166 valence electrons. The van der Waals surface area contributed by atoms with Crippen molar-refractivity contribution in [3.63, 3.8) is 0 Å². The maximum absolute atomic E-state index is 13.3. The first-order valence-corrected chi connectivity index (χ1v) is 10.0. The van der Waals surface area contributed by atoms with E-state index in [-0.39, 0.29) is 24.3 Å². The summed E-state index contributed by atoms with van der Waals surface area (Å²) in [6.07, 6.45) is -2.66. The minimum atomic E-state index is -4.38. The van der Waals surface area contributed by atoms with Crippen molar-refractivity contribution < 1.29 is 31.8 Å². The highest BCUT2D eigenvalue weighted by atomic mass is 19.4. The van der Waals surface area contributed by atoms with Gasteiger partial charge in [0.2, 0.25) is 0 Å². The van der Waals surface area contributed by atoms with Crippen molar-refractivity contribution >= 4 is 5.97 Å². The van der Waals surface area contributed by atoms with Crippen molar-refractivity contribution in [2.75, 3.05) is 13.2 Å². The summed E-state index contributed by atoms with van der Waals surface area (Å²) in [6, 6.07) is 11.0. The molecule has 2 aromatic carbocycles. The largest absolute Gasteiger partial charge is 0.462 e. The molecule has 0 unspecified atom stereocenters. The lowest BCUT2D eigenvalue weighted by molar-refractivity contribution is -0.141. The quantitative estimate of drug-likeness (QED) is 0.321. The van der Waals surface area contributed by atoms with Gasteiger partial charge in [0.15, 0.2) is 0 Å². The molecule has 2 aromatic rings. The van der Waals surface area contributed by atoms with Crippen LogP contribution in [-0.4, -0.2) is 19.2 Å². The molecule has 1 aliphatic heterocycles. The molecule has 1 saturated heterocycles. The molecule has 31 heavy (non-hydrogen) atoms. The average Bonchev–Trinajstić information content (AvgIpc) is 3.14. The van der Waals surface area contributed by atoms with Crippen LogP contribution >= 0.6 is 0 Å². The number of esters is 1. The third-order valence-corrected chi connectivity index (χ3v) is 5.62. The van der Waals surface area contributed by atoms with Crippen molar-refractivity contribution in [1.29, 1.82) is 0 Å². The Morgan fingerprint density at radius 2 is 1.77 bits per heavy atom. The summed E-state index contributed by atoms with van der Waals surface area (Å²) in [4.78, 5) is 12.1. The van der Waals surface area contributed by atoms with Gasteiger partial charge in [-0.15, -0.1) is 0 Å². The summed E-state index contributed by atoms with van der Waals surface area (Å²) in [5, 5.41) is 0. The van der Waals surface area contributed by atoms with Crippen molar-refractivity contribution in [3.05, 3.63) is 82.7 Å². The number of hydrogen-bond acceptors (Lipinski definition) is 3. The highest BCUT2D eigenvalue weighted by molar-refractivity contribution is 5.87. The zero-order chi connectivity index (χ0) is 22.6. The number of halogens is 4. The van der Waals surface area contributed by atoms with Crippen LogP contribution in [0.2, 0.25) is 0 Å². The zero-order valence-electron chi connectivity index (χ0n) is 17.3. The third-order valence-electron chi connectivity index (χ3n) is 5.62. The Kier molecular flexibility index (Phi) is 7.15. The van der Waals surface area contributed by atoms with Gasteiger partial charge in [-0.1, -0.05) is 30.3 Å². The molecule has 0 saturated carbocycles. The first-order valence-electron chi connectivity index (χ1n) is 10.0. The lowest BCUT2D eigenvalue weighted by Crippen LogP contribution is -2.24. The van der Waals surface area contributed by atoms with E-state index in [0.717, 1.165) is 23.3 Å². The molecule has 0 spiro atoms. The molecule has 0 aromatic heterocycles. The van der Waals surface area contributed by atoms with E-state index in [1.54, 1.807) is 32.1 Å². The van der Waals surface area contributed by atoms with Crippen LogP contribution in [0.3, 0.4) is 0 Å². The maximum Gasteiger partial charge on any atom is 0.416 e. The van der Waals surface area contributed by atoms with Crippen LogP contribution in [0.5, 0.6) is 0 Å². The molecular formula is C24H24F4O3. The summed E-state index contributed by atoms with van der Waals surface area (Å²) in [5.41, 5.74) is 1.29. The fourth-order valence-corrected chi connectivity index (χ4v) is 3.69. The molecule has 7 heteroatoms. The van der Waals surface area contributed by atoms with Crippen LogP contribution in [0.1, 0.15) is 36.6 Å². The normalized spacial score (nSPS) is 21.9. The van der Waals surface area contributed by atoms with Crippen molar-refractivity contribution in [2.45, 2.75) is 32.5 Å². The Morgan fingerprint density at radius 1 is 1.13 bits per heavy atom. The monoisotopic (exact) mass is 436 g/mol. The van der Waals surface area contributed by atoms with Gasteiger partial charge >= 0.3 is 12.1 Å². The van der Waals surface area contributed by atoms with E-state index in [1.165, 1.54) is 24.3 Å². The summed E-state index contributed by atoms with van der Waals surface area (Å²) < 4.78 is 63.3. The van der Waals surface area contributed by atoms with Crippen molar-refractivity contribution in [1.82, 2.24) is 0 Å². The molecule has 3 rings (SSSR count). The van der Waals surface area contributed by atoms with Gasteiger partial charge in [0, 0.05) is 11.5 Å². The van der Waals surface area contributed by atoms with Gasteiger partial charge in [0.25, 0.3) is 0 Å². The second kappa shape index (κ2) is 9.64. The van der Waals surface area contributed by atoms with Crippen LogP contribution < -0.4 is 0 Å². The minimum Gasteiger partial charge on any atom is -0.462 e. The summed E-state index contributed by atoms with van der Waals surface area (Å²) in [6.45, 7) is 3.85. The van der Waals surface area contributed by atoms with Crippen LogP contribution in [0.4, 0.5) is 17.6 Å². The lowest BCUT2D eigenvalue weighted by Gasteiger charge is -2.23. The highest BCUT2D eigenvalue weighted by Crippen LogP contribution is 2.40. The molecule has 1 aliphatic rings. The first-order chi connectivity index (χ1) is 14.7. The van der Waals surface area contributed by atoms with E-state index in [0.29, 0.717) is 18.6 Å². The number of ether oxygens (including phenoxy) is 2. The number of benzene rings is 2. The molecule has 1 heterocycles. The smallest absolute Gasteiger partial charge is 0.416 e. The Bertz CT molecular complexity index is 917. The molecular weight excluding hydrogens is 412 g/mol. The summed E-state index contributed by atoms with van der Waals surface area (Å²) >= 11 is 0. The van der Waals surface area contributed by atoms with Crippen LogP contribution in [0.25, 0.3) is 0 Å². The van der Waals surface area contributed by atoms with Gasteiger partial charge in [0.1, 0.15) is 5.82 Å². The van der Waals surface area contributed by atoms with E-state index in [4.69, 9.17) is 9.47 Å². The summed E-state index contributed by atoms with van der Waals surface area (Å²) in [7, 11) is 0. The molecule has 3 atom stereocenters. The van der Waals surface area contributed by atoms with E-state index in [1.807, 2.05) is 0 Å². The SMILES string of the molecule is CC=C(C)C(=O)OC[C@H]1[C@@H](Cc2ccc(C(F)(F)F)cc2)CO[C@@H]1c1ccc(F)cc1. The van der Waals surface area contributed by atoms with Crippen LogP contribution in [0.15, 0.2) is 60.2 Å². The molecule has 0 amide bonds. The van der Waals surface area contributed by atoms with Crippen LogP contribution in [0, 0.1) is 17.7 Å². The number of hydrogen-bond donors (Lipinski definition) is 0. The predicted molar refractivity (Wildman–Crippen MR) is 108 cm³/mol. The number of carbonyl (C=O) groups is 1. The topological polar surface area (TPSA) is 35.5 Å². The molecule has 0 radical (unpaired) electrons. The minimum absolute atomic E-state index is 0.0782. The van der Waals surface area contributed by atoms with E-state index in [9.17, 15) is 22.4 Å². The second-order valence-corrected chi connectivity index (χ2v) is 7.70. The van der Waals surface area contributed by atoms with Gasteiger partial charge in [-0.3, -0.25) is 0 Å². The average molecular weight is 436 g/mol. The van der Waals surface area contributed by atoms with Gasteiger partial charge in [-0.2, -0.15) is 13.2 Å². The zero-order valence-corrected chi connectivity index (χ0v) is 17.3. The van der Waals surface area contributed by atoms with Gasteiger partial charge in [-0.05, 0) is 61.6 Å². The highest BCUT2D eigenvalue weighted by Gasteiger charge is 2.39. The fraction of sp³-hybridized carbons (Fsp3) is 0.375. The van der Waals surface area contributed by atoms with E-state index >= 15 is 0 Å². The standard InChI is InChI=1S/C24H24F4O3/c1-3-15(2)23(29)31-14-21-18(12-16-4-8-19(9-5-16)24(26,27)28)13-30-22(21)17-6-10-20(25)11-7-17/h3-11,18,21-22H,12-14H2,1-2H3/t18-,21-,22+/m0/s1. The van der Waals surface area contributed by atoms with Gasteiger partial charge in [-0.25, -0.2) is 9.18 Å². The van der Waals surface area contributed by atoms with Gasteiger partial charge < -0.3 is 9.47 Å². The summed E-state index contributed by atoms with van der Waals surface area (Å²) in [5.74, 6) is -1.10. The number of allylic oxidation sites excluding steroid dienone is 1. The van der Waals surface area contributed by atoms with Crippen molar-refractivity contribution in [2.24, 2.45) is 11.8 Å². The molecule has 3 nitrogen and oxygen atoms in total. The Balaban J connectivity index is 1.78. The Labute approximate surface area is 178 Å². The molecule has 0 aliphatic carbocycles.